The summed E-state index contributed by atoms with van der Waals surface area (Å²) in [5, 5.41) is 13.5. The quantitative estimate of drug-likeness (QED) is 0.846. The molecular weight excluding hydrogens is 350 g/mol. The Morgan fingerprint density at radius 2 is 2.08 bits per heavy atom. The van der Waals surface area contributed by atoms with Gasteiger partial charge in [0.05, 0.1) is 25.2 Å². The Kier molecular flexibility index (Phi) is 4.88. The van der Waals surface area contributed by atoms with Crippen molar-refractivity contribution in [2.24, 2.45) is 5.92 Å². The molecule has 1 amide bonds. The van der Waals surface area contributed by atoms with Gasteiger partial charge in [0.15, 0.2) is 0 Å². The van der Waals surface area contributed by atoms with Gasteiger partial charge in [-0.2, -0.15) is 0 Å². The van der Waals surface area contributed by atoms with Crippen molar-refractivity contribution in [3.63, 3.8) is 0 Å². The minimum Gasteiger partial charge on any atom is -0.493 e. The maximum atomic E-state index is 12.7. The van der Waals surface area contributed by atoms with Crippen LogP contribution in [0.5, 0.6) is 5.75 Å². The van der Waals surface area contributed by atoms with Crippen molar-refractivity contribution in [3.8, 4) is 5.75 Å². The Balaban J connectivity index is 1.52. The topological polar surface area (TPSA) is 58.6 Å². The summed E-state index contributed by atoms with van der Waals surface area (Å²) >= 11 is 6.18. The molecule has 4 rings (SSSR count). The first-order valence-electron chi connectivity index (χ1n) is 9.06. The number of benzene rings is 2. The number of halogens is 1. The number of hydrogen-bond donors (Lipinski definition) is 2. The Labute approximate surface area is 158 Å². The monoisotopic (exact) mass is 371 g/mol. The van der Waals surface area contributed by atoms with E-state index >= 15 is 0 Å². The Morgan fingerprint density at radius 1 is 1.27 bits per heavy atom. The lowest BCUT2D eigenvalue weighted by atomic mass is 9.74. The SMILES string of the molecule is O=C(Cc1ccccc1Cl)NC(c1ccc2c(c1)CCO2)C1CC(O)C1. The van der Waals surface area contributed by atoms with E-state index in [4.69, 9.17) is 16.3 Å². The van der Waals surface area contributed by atoms with Gasteiger partial charge in [0.1, 0.15) is 5.75 Å². The van der Waals surface area contributed by atoms with E-state index in [1.54, 1.807) is 6.07 Å². The average molecular weight is 372 g/mol. The first-order valence-corrected chi connectivity index (χ1v) is 9.44. The fourth-order valence-corrected chi connectivity index (χ4v) is 4.02. The molecule has 0 spiro atoms. The van der Waals surface area contributed by atoms with Crippen molar-refractivity contribution in [1.29, 1.82) is 0 Å². The van der Waals surface area contributed by atoms with Crippen LogP contribution in [0.25, 0.3) is 0 Å². The van der Waals surface area contributed by atoms with Gasteiger partial charge in [-0.1, -0.05) is 35.9 Å². The number of nitrogens with one attached hydrogen (secondary N) is 1. The molecule has 1 aliphatic heterocycles. The molecule has 1 atom stereocenters. The highest BCUT2D eigenvalue weighted by atomic mass is 35.5. The Hall–Kier alpha value is -2.04. The van der Waals surface area contributed by atoms with E-state index in [0.29, 0.717) is 24.5 Å². The lowest BCUT2D eigenvalue weighted by Crippen LogP contribution is -2.41. The van der Waals surface area contributed by atoms with E-state index in [0.717, 1.165) is 23.3 Å². The first kappa shape index (κ1) is 17.4. The number of carbonyl (C=O) groups is 1. The zero-order chi connectivity index (χ0) is 18.1. The number of aliphatic hydroxyl groups is 1. The van der Waals surface area contributed by atoms with Crippen molar-refractivity contribution in [3.05, 3.63) is 64.2 Å². The van der Waals surface area contributed by atoms with E-state index in [-0.39, 0.29) is 30.4 Å². The maximum Gasteiger partial charge on any atom is 0.224 e. The van der Waals surface area contributed by atoms with Crippen LogP contribution >= 0.6 is 11.6 Å². The summed E-state index contributed by atoms with van der Waals surface area (Å²) in [6.07, 6.45) is 2.31. The maximum absolute atomic E-state index is 12.7. The number of fused-ring (bicyclic) bond motifs is 1. The number of rotatable bonds is 5. The molecule has 1 fully saturated rings. The zero-order valence-corrected chi connectivity index (χ0v) is 15.2. The van der Waals surface area contributed by atoms with Crippen LogP contribution < -0.4 is 10.1 Å². The van der Waals surface area contributed by atoms with E-state index in [2.05, 4.69) is 11.4 Å². The van der Waals surface area contributed by atoms with Gasteiger partial charge in [-0.3, -0.25) is 4.79 Å². The van der Waals surface area contributed by atoms with Gasteiger partial charge >= 0.3 is 0 Å². The van der Waals surface area contributed by atoms with E-state index in [1.807, 2.05) is 30.3 Å². The highest BCUT2D eigenvalue weighted by Gasteiger charge is 2.36. The van der Waals surface area contributed by atoms with Crippen LogP contribution in [0.3, 0.4) is 0 Å². The minimum absolute atomic E-state index is 0.0544. The minimum atomic E-state index is -0.263. The predicted molar refractivity (Wildman–Crippen MR) is 100 cm³/mol. The number of aliphatic hydroxyl groups excluding tert-OH is 1. The average Bonchev–Trinajstić information content (AvgIpc) is 3.07. The van der Waals surface area contributed by atoms with Crippen molar-refractivity contribution >= 4 is 17.5 Å². The standard InChI is InChI=1S/C21H22ClNO3/c22-18-4-2-1-3-13(18)12-20(25)23-21(16-10-17(24)11-16)15-5-6-19-14(9-15)7-8-26-19/h1-6,9,16-17,21,24H,7-8,10-12H2,(H,23,25). The Morgan fingerprint density at radius 3 is 2.85 bits per heavy atom. The van der Waals surface area contributed by atoms with Gasteiger partial charge in [-0.25, -0.2) is 0 Å². The summed E-state index contributed by atoms with van der Waals surface area (Å²) in [6.45, 7) is 0.713. The van der Waals surface area contributed by atoms with Gasteiger partial charge in [0.2, 0.25) is 5.91 Å². The molecule has 0 radical (unpaired) electrons. The largest absolute Gasteiger partial charge is 0.493 e. The van der Waals surface area contributed by atoms with Crippen LogP contribution in [0.1, 0.15) is 35.6 Å². The second kappa shape index (κ2) is 7.29. The van der Waals surface area contributed by atoms with Gasteiger partial charge in [-0.05, 0) is 53.6 Å². The molecule has 26 heavy (non-hydrogen) atoms. The third kappa shape index (κ3) is 3.57. The summed E-state index contributed by atoms with van der Waals surface area (Å²) in [5.41, 5.74) is 3.09. The van der Waals surface area contributed by atoms with Crippen molar-refractivity contribution in [2.45, 2.75) is 37.8 Å². The van der Waals surface area contributed by atoms with Gasteiger partial charge in [0, 0.05) is 11.4 Å². The molecule has 1 unspecified atom stereocenters. The normalized spacial score (nSPS) is 22.1. The predicted octanol–water partition coefficient (Wildman–Crippen LogP) is 3.45. The van der Waals surface area contributed by atoms with Crippen LogP contribution in [0.15, 0.2) is 42.5 Å². The number of amides is 1. The molecule has 1 heterocycles. The summed E-state index contributed by atoms with van der Waals surface area (Å²) in [6, 6.07) is 13.5. The van der Waals surface area contributed by atoms with Gasteiger partial charge < -0.3 is 15.2 Å². The molecule has 5 heteroatoms. The number of ether oxygens (including phenoxy) is 1. The molecule has 2 N–H and O–H groups in total. The fourth-order valence-electron chi connectivity index (χ4n) is 3.81. The second-order valence-corrected chi connectivity index (χ2v) is 7.57. The molecule has 136 valence electrons. The van der Waals surface area contributed by atoms with Crippen molar-refractivity contribution in [2.75, 3.05) is 6.61 Å². The molecule has 1 aliphatic carbocycles. The molecule has 0 aromatic heterocycles. The van der Waals surface area contributed by atoms with E-state index in [9.17, 15) is 9.90 Å². The molecular formula is C21H22ClNO3. The van der Waals surface area contributed by atoms with Crippen molar-refractivity contribution in [1.82, 2.24) is 5.32 Å². The highest BCUT2D eigenvalue weighted by molar-refractivity contribution is 6.31. The van der Waals surface area contributed by atoms with Crippen LogP contribution in [0.2, 0.25) is 5.02 Å². The summed E-state index contributed by atoms with van der Waals surface area (Å²) in [5.74, 6) is 1.13. The third-order valence-electron chi connectivity index (χ3n) is 5.32. The number of hydrogen-bond acceptors (Lipinski definition) is 3. The fraction of sp³-hybridized carbons (Fsp3) is 0.381. The van der Waals surface area contributed by atoms with Crippen LogP contribution in [0.4, 0.5) is 0 Å². The molecule has 0 bridgehead atoms. The molecule has 2 aromatic rings. The summed E-state index contributed by atoms with van der Waals surface area (Å²) in [4.78, 5) is 12.7. The third-order valence-corrected chi connectivity index (χ3v) is 5.69. The Bertz CT molecular complexity index is 817. The van der Waals surface area contributed by atoms with Crippen LogP contribution in [0, 0.1) is 5.92 Å². The van der Waals surface area contributed by atoms with E-state index in [1.165, 1.54) is 5.56 Å². The van der Waals surface area contributed by atoms with Gasteiger partial charge in [0.25, 0.3) is 0 Å². The molecule has 1 saturated carbocycles. The second-order valence-electron chi connectivity index (χ2n) is 7.16. The van der Waals surface area contributed by atoms with Crippen molar-refractivity contribution < 1.29 is 14.6 Å². The molecule has 4 nitrogen and oxygen atoms in total. The lowest BCUT2D eigenvalue weighted by Gasteiger charge is -2.38. The molecule has 0 saturated heterocycles. The molecule has 2 aromatic carbocycles. The smallest absolute Gasteiger partial charge is 0.224 e. The van der Waals surface area contributed by atoms with Crippen LogP contribution in [-0.4, -0.2) is 23.7 Å². The summed E-state index contributed by atoms with van der Waals surface area (Å²) < 4.78 is 5.58. The first-order chi connectivity index (χ1) is 12.6. The van der Waals surface area contributed by atoms with E-state index < -0.39 is 0 Å². The lowest BCUT2D eigenvalue weighted by molar-refractivity contribution is -0.122. The zero-order valence-electron chi connectivity index (χ0n) is 14.5. The van der Waals surface area contributed by atoms with Crippen LogP contribution in [-0.2, 0) is 17.6 Å². The molecule has 2 aliphatic rings. The number of carbonyl (C=O) groups excluding carboxylic acids is 1. The highest BCUT2D eigenvalue weighted by Crippen LogP contribution is 2.39. The summed E-state index contributed by atoms with van der Waals surface area (Å²) in [7, 11) is 0. The van der Waals surface area contributed by atoms with Gasteiger partial charge in [-0.15, -0.1) is 0 Å².